The molecule has 152 valence electrons. The maximum atomic E-state index is 11.6. The van der Waals surface area contributed by atoms with Crippen LogP contribution in [0.5, 0.6) is 0 Å². The molecule has 2 N–H and O–H groups in total. The number of rotatable bonds is 18. The molecule has 0 spiro atoms. The zero-order valence-electron chi connectivity index (χ0n) is 20.5. The predicted molar refractivity (Wildman–Crippen MR) is 105 cm³/mol. The van der Waals surface area contributed by atoms with Crippen molar-refractivity contribution in [3.63, 3.8) is 0 Å². The molecule has 0 aliphatic carbocycles. The van der Waals surface area contributed by atoms with Gasteiger partial charge in [-0.25, -0.2) is 0 Å². The van der Waals surface area contributed by atoms with Crippen molar-refractivity contribution in [1.29, 1.82) is 0 Å². The van der Waals surface area contributed by atoms with Crippen molar-refractivity contribution >= 4 is 11.9 Å². The Morgan fingerprint density at radius 1 is 0.630 bits per heavy atom. The number of hydrogen-bond donors (Lipinski definition) is 2. The number of carboxylic acid groups (broad SMARTS) is 2. The molecule has 0 amide bonds. The number of unbranched alkanes of at least 4 members (excludes halogenated alkanes) is 12. The molecule has 0 radical (unpaired) electrons. The predicted octanol–water partition coefficient (Wildman–Crippen LogP) is 0.656. The Morgan fingerprint density at radius 3 is 1.19 bits per heavy atom. The number of carboxylic acids is 2. The molecule has 0 aromatic rings. The molecule has 0 bridgehead atoms. The van der Waals surface area contributed by atoms with E-state index in [9.17, 15) is 19.8 Å². The summed E-state index contributed by atoms with van der Waals surface area (Å²) in [7, 11) is 0. The van der Waals surface area contributed by atoms with E-state index in [1.54, 1.807) is 0 Å². The monoisotopic (exact) mass is 420 g/mol. The normalized spacial score (nSPS) is 10.7. The van der Waals surface area contributed by atoms with Gasteiger partial charge in [0.25, 0.3) is 0 Å². The third-order valence-electron chi connectivity index (χ3n) is 5.23. The van der Waals surface area contributed by atoms with Gasteiger partial charge in [-0.15, -0.1) is 0 Å². The van der Waals surface area contributed by atoms with E-state index in [1.165, 1.54) is 44.9 Å². The molecular weight excluding hydrogens is 378 g/mol. The minimum atomic E-state index is -1.58. The van der Waals surface area contributed by atoms with Crippen molar-refractivity contribution in [2.45, 2.75) is 117 Å². The van der Waals surface area contributed by atoms with Crippen LogP contribution < -0.4 is 80.9 Å². The fraction of sp³-hybridized carbons (Fsp3) is 0.905. The fourth-order valence-electron chi connectivity index (χ4n) is 3.41. The molecule has 0 aromatic carbocycles. The average Bonchev–Trinajstić information content (AvgIpc) is 2.57. The minimum absolute atomic E-state index is 0. The third kappa shape index (κ3) is 16.0. The van der Waals surface area contributed by atoms with Crippen molar-refractivity contribution in [1.82, 2.24) is 0 Å². The number of carbonyl (C=O) groups is 2. The molecular formula is C21H42KNaO4. The molecule has 4 nitrogen and oxygen atoms in total. The van der Waals surface area contributed by atoms with Crippen molar-refractivity contribution in [3.8, 4) is 0 Å². The molecule has 0 saturated heterocycles. The Balaban J connectivity index is -0.000000480. The van der Waals surface area contributed by atoms with E-state index in [1.807, 2.05) is 0 Å². The van der Waals surface area contributed by atoms with Gasteiger partial charge in [-0.1, -0.05) is 104 Å². The molecule has 0 aliphatic heterocycles. The van der Waals surface area contributed by atoms with Crippen LogP contribution in [0.15, 0.2) is 0 Å². The average molecular weight is 421 g/mol. The Hall–Kier alpha value is 1.58. The molecule has 0 rings (SSSR count). The molecule has 0 saturated carbocycles. The summed E-state index contributed by atoms with van der Waals surface area (Å²) in [5.41, 5.74) is -1.58. The molecule has 0 heterocycles. The zero-order chi connectivity index (χ0) is 19.0. The first-order chi connectivity index (χ1) is 12.0. The summed E-state index contributed by atoms with van der Waals surface area (Å²) in [5, 5.41) is 19.0. The van der Waals surface area contributed by atoms with Crippen LogP contribution in [0.1, 0.15) is 119 Å². The van der Waals surface area contributed by atoms with Crippen LogP contribution >= 0.6 is 0 Å². The molecule has 0 atom stereocenters. The second-order valence-electron chi connectivity index (χ2n) is 7.44. The van der Waals surface area contributed by atoms with Gasteiger partial charge in [0.1, 0.15) is 0 Å². The van der Waals surface area contributed by atoms with E-state index in [0.29, 0.717) is 12.8 Å². The summed E-state index contributed by atoms with van der Waals surface area (Å²) in [6, 6.07) is 0. The Morgan fingerprint density at radius 2 is 0.889 bits per heavy atom. The van der Waals surface area contributed by atoms with Gasteiger partial charge in [-0.2, -0.15) is 0 Å². The molecule has 0 unspecified atom stereocenters. The Kier molecular flexibility index (Phi) is 27.4. The van der Waals surface area contributed by atoms with Crippen LogP contribution in [0.2, 0.25) is 0 Å². The molecule has 0 aliphatic rings. The molecule has 6 heteroatoms. The SMILES string of the molecule is CCCCCCCCCCCCC(CCCCCC)(C(=O)O)C(=O)O.[H-].[H-].[K+].[Na+]. The van der Waals surface area contributed by atoms with E-state index in [0.717, 1.165) is 32.1 Å². The van der Waals surface area contributed by atoms with Gasteiger partial charge < -0.3 is 13.1 Å². The van der Waals surface area contributed by atoms with Crippen LogP contribution in [0, 0.1) is 5.41 Å². The summed E-state index contributed by atoms with van der Waals surface area (Å²) in [4.78, 5) is 23.3. The number of hydrogen-bond acceptors (Lipinski definition) is 2. The summed E-state index contributed by atoms with van der Waals surface area (Å²) in [6.45, 7) is 4.31. The van der Waals surface area contributed by atoms with Gasteiger partial charge in [-0.3, -0.25) is 9.59 Å². The standard InChI is InChI=1S/C21H40O4.K.Na.2H/c1-3-5-7-9-10-11-12-13-14-16-18-21(19(22)23,20(24)25)17-15-8-6-4-2;;;;/h3-18H2,1-2H3,(H,22,23)(H,24,25);;;;/q;2*+1;2*-1. The summed E-state index contributed by atoms with van der Waals surface area (Å²) >= 11 is 0. The molecule has 0 aromatic heterocycles. The summed E-state index contributed by atoms with van der Waals surface area (Å²) in [5.74, 6) is -2.32. The van der Waals surface area contributed by atoms with Crippen molar-refractivity contribution in [2.24, 2.45) is 5.41 Å². The van der Waals surface area contributed by atoms with Crippen LogP contribution in [0.4, 0.5) is 0 Å². The van der Waals surface area contributed by atoms with Crippen LogP contribution in [-0.2, 0) is 9.59 Å². The van der Waals surface area contributed by atoms with Crippen molar-refractivity contribution in [2.75, 3.05) is 0 Å². The van der Waals surface area contributed by atoms with Crippen LogP contribution in [0.3, 0.4) is 0 Å². The van der Waals surface area contributed by atoms with E-state index in [-0.39, 0.29) is 96.6 Å². The first-order valence-corrected chi connectivity index (χ1v) is 10.5. The van der Waals surface area contributed by atoms with Gasteiger partial charge in [0, 0.05) is 0 Å². The van der Waals surface area contributed by atoms with Crippen LogP contribution in [0.25, 0.3) is 0 Å². The van der Waals surface area contributed by atoms with E-state index >= 15 is 0 Å². The Bertz CT molecular complexity index is 361. The second-order valence-corrected chi connectivity index (χ2v) is 7.44. The van der Waals surface area contributed by atoms with Crippen molar-refractivity contribution in [3.05, 3.63) is 0 Å². The summed E-state index contributed by atoms with van der Waals surface area (Å²) in [6.07, 6.45) is 15.9. The summed E-state index contributed by atoms with van der Waals surface area (Å²) < 4.78 is 0. The quantitative estimate of drug-likeness (QED) is 0.194. The van der Waals surface area contributed by atoms with Gasteiger partial charge in [-0.05, 0) is 12.8 Å². The van der Waals surface area contributed by atoms with Crippen molar-refractivity contribution < 1.29 is 104 Å². The Labute approximate surface area is 234 Å². The topological polar surface area (TPSA) is 74.6 Å². The van der Waals surface area contributed by atoms with Gasteiger partial charge >= 0.3 is 92.9 Å². The third-order valence-corrected chi connectivity index (χ3v) is 5.23. The smallest absolute Gasteiger partial charge is 1.00 e. The first-order valence-electron chi connectivity index (χ1n) is 10.5. The van der Waals surface area contributed by atoms with E-state index in [4.69, 9.17) is 0 Å². The van der Waals surface area contributed by atoms with E-state index in [2.05, 4.69) is 13.8 Å². The molecule has 0 fully saturated rings. The fourth-order valence-corrected chi connectivity index (χ4v) is 3.41. The largest absolute Gasteiger partial charge is 1.00 e. The number of aliphatic carboxylic acids is 2. The van der Waals surface area contributed by atoms with E-state index < -0.39 is 17.4 Å². The maximum absolute atomic E-state index is 11.6. The second kappa shape index (κ2) is 22.3. The molecule has 27 heavy (non-hydrogen) atoms. The minimum Gasteiger partial charge on any atom is -1.00 e. The van der Waals surface area contributed by atoms with Gasteiger partial charge in [0.2, 0.25) is 0 Å². The van der Waals surface area contributed by atoms with Gasteiger partial charge in [0.15, 0.2) is 5.41 Å². The maximum Gasteiger partial charge on any atom is 1.00 e. The van der Waals surface area contributed by atoms with Gasteiger partial charge in [0.05, 0.1) is 0 Å². The first kappa shape index (κ1) is 33.2. The zero-order valence-corrected chi connectivity index (χ0v) is 23.6. The van der Waals surface area contributed by atoms with Crippen LogP contribution in [-0.4, -0.2) is 22.2 Å².